The molecule has 0 unspecified atom stereocenters. The molecule has 1 aromatic carbocycles. The minimum Gasteiger partial charge on any atom is -0.360 e. The Labute approximate surface area is 143 Å². The summed E-state index contributed by atoms with van der Waals surface area (Å²) < 4.78 is 12.8. The maximum absolute atomic E-state index is 12.8. The first kappa shape index (κ1) is 16.3. The number of aryl methyl sites for hydroxylation is 1. The maximum atomic E-state index is 12.8. The van der Waals surface area contributed by atoms with Gasteiger partial charge in [-0.1, -0.05) is 19.1 Å². The average molecular weight is 344 g/mol. The fraction of sp³-hybridized carbons (Fsp3) is 0.235. The highest BCUT2D eigenvalue weighted by Crippen LogP contribution is 2.28. The minimum atomic E-state index is -0.290. The summed E-state index contributed by atoms with van der Waals surface area (Å²) in [7, 11) is 0. The van der Waals surface area contributed by atoms with Crippen molar-refractivity contribution in [3.8, 4) is 0 Å². The van der Waals surface area contributed by atoms with E-state index in [0.717, 1.165) is 22.2 Å². The Morgan fingerprint density at radius 2 is 2.04 bits per heavy atom. The van der Waals surface area contributed by atoms with Crippen molar-refractivity contribution in [2.75, 3.05) is 11.9 Å². The first-order valence-electron chi connectivity index (χ1n) is 7.64. The molecule has 0 spiro atoms. The van der Waals surface area contributed by atoms with Crippen LogP contribution in [-0.4, -0.2) is 22.4 Å². The highest BCUT2D eigenvalue weighted by Gasteiger charge is 2.09. The van der Waals surface area contributed by atoms with Crippen LogP contribution in [0.4, 0.5) is 10.2 Å². The van der Waals surface area contributed by atoms with Gasteiger partial charge >= 0.3 is 0 Å². The number of hydrogen-bond acceptors (Lipinski definition) is 5. The second-order valence-electron chi connectivity index (χ2n) is 5.26. The first-order chi connectivity index (χ1) is 11.7. The third kappa shape index (κ3) is 3.86. The Balaban J connectivity index is 1.58. The Morgan fingerprint density at radius 1 is 1.25 bits per heavy atom. The summed E-state index contributed by atoms with van der Waals surface area (Å²) in [5, 5.41) is 6.78. The standard InChI is InChI=1S/C17H17FN4OS/c1-2-13-7-14-16(21-10-22-17(14)24-13)20-9-15(23)19-8-11-3-5-12(18)6-4-11/h3-7,10H,2,8-9H2,1H3,(H,19,23)(H,20,21,22). The van der Waals surface area contributed by atoms with Crippen LogP contribution in [0.2, 0.25) is 0 Å². The van der Waals surface area contributed by atoms with Gasteiger partial charge in [-0.25, -0.2) is 14.4 Å². The third-order valence-corrected chi connectivity index (χ3v) is 4.74. The van der Waals surface area contributed by atoms with Crippen molar-refractivity contribution in [3.05, 3.63) is 52.9 Å². The van der Waals surface area contributed by atoms with Gasteiger partial charge in [-0.15, -0.1) is 11.3 Å². The molecule has 2 heterocycles. The van der Waals surface area contributed by atoms with E-state index in [1.54, 1.807) is 23.5 Å². The number of carbonyl (C=O) groups excluding carboxylic acids is 1. The molecular formula is C17H17FN4OS. The second kappa shape index (κ2) is 7.35. The number of amides is 1. The van der Waals surface area contributed by atoms with Crippen LogP contribution in [-0.2, 0) is 17.8 Å². The molecule has 2 aromatic heterocycles. The molecule has 3 rings (SSSR count). The van der Waals surface area contributed by atoms with Gasteiger partial charge in [0.1, 0.15) is 22.8 Å². The first-order valence-corrected chi connectivity index (χ1v) is 8.46. The number of hydrogen-bond donors (Lipinski definition) is 2. The molecule has 2 N–H and O–H groups in total. The zero-order valence-corrected chi connectivity index (χ0v) is 14.0. The third-order valence-electron chi connectivity index (χ3n) is 3.55. The number of nitrogens with one attached hydrogen (secondary N) is 2. The van der Waals surface area contributed by atoms with E-state index in [1.807, 2.05) is 0 Å². The van der Waals surface area contributed by atoms with Crippen molar-refractivity contribution in [1.29, 1.82) is 0 Å². The van der Waals surface area contributed by atoms with Crippen LogP contribution in [0.1, 0.15) is 17.4 Å². The van der Waals surface area contributed by atoms with Crippen LogP contribution >= 0.6 is 11.3 Å². The monoisotopic (exact) mass is 344 g/mol. The van der Waals surface area contributed by atoms with Crippen molar-refractivity contribution in [2.45, 2.75) is 19.9 Å². The second-order valence-corrected chi connectivity index (χ2v) is 6.38. The highest BCUT2D eigenvalue weighted by molar-refractivity contribution is 7.18. The van der Waals surface area contributed by atoms with Gasteiger partial charge in [-0.3, -0.25) is 4.79 Å². The summed E-state index contributed by atoms with van der Waals surface area (Å²) >= 11 is 1.63. The van der Waals surface area contributed by atoms with Crippen molar-refractivity contribution >= 4 is 33.3 Å². The van der Waals surface area contributed by atoms with E-state index in [2.05, 4.69) is 33.6 Å². The van der Waals surface area contributed by atoms with E-state index in [4.69, 9.17) is 0 Å². The molecule has 24 heavy (non-hydrogen) atoms. The van der Waals surface area contributed by atoms with Crippen molar-refractivity contribution in [2.24, 2.45) is 0 Å². The van der Waals surface area contributed by atoms with E-state index in [0.29, 0.717) is 12.4 Å². The SMILES string of the molecule is CCc1cc2c(NCC(=O)NCc3ccc(F)cc3)ncnc2s1. The largest absolute Gasteiger partial charge is 0.360 e. The molecule has 0 saturated heterocycles. The Bertz CT molecular complexity index is 847. The number of fused-ring (bicyclic) bond motifs is 1. The number of anilines is 1. The Kier molecular flexibility index (Phi) is 5.00. The van der Waals surface area contributed by atoms with Crippen LogP contribution in [0.5, 0.6) is 0 Å². The lowest BCUT2D eigenvalue weighted by molar-refractivity contribution is -0.119. The number of rotatable bonds is 6. The van der Waals surface area contributed by atoms with Crippen molar-refractivity contribution in [3.63, 3.8) is 0 Å². The highest BCUT2D eigenvalue weighted by atomic mass is 32.1. The molecule has 0 radical (unpaired) electrons. The van der Waals surface area contributed by atoms with Gasteiger partial charge in [-0.05, 0) is 30.2 Å². The summed E-state index contributed by atoms with van der Waals surface area (Å²) in [4.78, 5) is 22.6. The fourth-order valence-electron chi connectivity index (χ4n) is 2.25. The average Bonchev–Trinajstić information content (AvgIpc) is 3.03. The lowest BCUT2D eigenvalue weighted by Crippen LogP contribution is -2.29. The summed E-state index contributed by atoms with van der Waals surface area (Å²) in [6.45, 7) is 2.57. The molecule has 0 aliphatic rings. The van der Waals surface area contributed by atoms with Crippen LogP contribution < -0.4 is 10.6 Å². The predicted octanol–water partition coefficient (Wildman–Crippen LogP) is 3.12. The van der Waals surface area contributed by atoms with E-state index in [9.17, 15) is 9.18 Å². The van der Waals surface area contributed by atoms with E-state index in [1.165, 1.54) is 23.3 Å². The van der Waals surface area contributed by atoms with Crippen molar-refractivity contribution < 1.29 is 9.18 Å². The summed E-state index contributed by atoms with van der Waals surface area (Å²) in [6.07, 6.45) is 2.44. The topological polar surface area (TPSA) is 66.9 Å². The van der Waals surface area contributed by atoms with Gasteiger partial charge < -0.3 is 10.6 Å². The van der Waals surface area contributed by atoms with Crippen LogP contribution in [0, 0.1) is 5.82 Å². The molecule has 0 fully saturated rings. The molecule has 0 saturated carbocycles. The molecule has 0 bridgehead atoms. The number of carbonyl (C=O) groups is 1. The summed E-state index contributed by atoms with van der Waals surface area (Å²) in [5.41, 5.74) is 0.847. The van der Waals surface area contributed by atoms with Gasteiger partial charge in [0, 0.05) is 11.4 Å². The molecule has 124 valence electrons. The molecule has 3 aromatic rings. The lowest BCUT2D eigenvalue weighted by atomic mass is 10.2. The van der Waals surface area contributed by atoms with Crippen molar-refractivity contribution in [1.82, 2.24) is 15.3 Å². The van der Waals surface area contributed by atoms with Crippen LogP contribution in [0.25, 0.3) is 10.2 Å². The maximum Gasteiger partial charge on any atom is 0.239 e. The van der Waals surface area contributed by atoms with Crippen LogP contribution in [0.3, 0.4) is 0 Å². The zero-order valence-electron chi connectivity index (χ0n) is 13.2. The molecule has 0 aliphatic carbocycles. The molecule has 0 atom stereocenters. The number of benzene rings is 1. The van der Waals surface area contributed by atoms with Gasteiger partial charge in [0.25, 0.3) is 0 Å². The van der Waals surface area contributed by atoms with Gasteiger partial charge in [0.15, 0.2) is 0 Å². The van der Waals surface area contributed by atoms with E-state index in [-0.39, 0.29) is 18.3 Å². The minimum absolute atomic E-state index is 0.116. The number of halogens is 1. The van der Waals surface area contributed by atoms with Gasteiger partial charge in [0.05, 0.1) is 11.9 Å². The smallest absolute Gasteiger partial charge is 0.239 e. The fourth-order valence-corrected chi connectivity index (χ4v) is 3.18. The van der Waals surface area contributed by atoms with Gasteiger partial charge in [0.2, 0.25) is 5.91 Å². The quantitative estimate of drug-likeness (QED) is 0.721. The number of aromatic nitrogens is 2. The Morgan fingerprint density at radius 3 is 2.79 bits per heavy atom. The number of nitrogens with zero attached hydrogens (tertiary/aromatic N) is 2. The Hall–Kier alpha value is -2.54. The zero-order chi connectivity index (χ0) is 16.9. The lowest BCUT2D eigenvalue weighted by Gasteiger charge is -2.08. The molecule has 1 amide bonds. The predicted molar refractivity (Wildman–Crippen MR) is 93.5 cm³/mol. The summed E-state index contributed by atoms with van der Waals surface area (Å²) in [6, 6.07) is 8.10. The number of thiophene rings is 1. The molecule has 5 nitrogen and oxygen atoms in total. The molecule has 0 aliphatic heterocycles. The van der Waals surface area contributed by atoms with E-state index >= 15 is 0 Å². The normalized spacial score (nSPS) is 10.8. The van der Waals surface area contributed by atoms with E-state index < -0.39 is 0 Å². The van der Waals surface area contributed by atoms with Gasteiger partial charge in [-0.2, -0.15) is 0 Å². The summed E-state index contributed by atoms with van der Waals surface area (Å²) in [5.74, 6) is 0.214. The molecule has 7 heteroatoms. The van der Waals surface area contributed by atoms with Crippen LogP contribution in [0.15, 0.2) is 36.7 Å². The molecular weight excluding hydrogens is 327 g/mol.